The molecule has 0 radical (unpaired) electrons. The van der Waals surface area contributed by atoms with Crippen LogP contribution in [-0.4, -0.2) is 0 Å². The van der Waals surface area contributed by atoms with Crippen molar-refractivity contribution in [1.29, 1.82) is 5.26 Å². The summed E-state index contributed by atoms with van der Waals surface area (Å²) in [7, 11) is 2.11. The molecule has 0 unspecified atom stereocenters. The molecule has 0 aliphatic heterocycles. The van der Waals surface area contributed by atoms with E-state index in [1.807, 2.05) is 6.07 Å². The number of nitrogens with zero attached hydrogens (tertiary/aromatic N) is 2. The van der Waals surface area contributed by atoms with Gasteiger partial charge in [-0.3, -0.25) is 0 Å². The van der Waals surface area contributed by atoms with Crippen molar-refractivity contribution >= 4 is 32.7 Å². The van der Waals surface area contributed by atoms with Gasteiger partial charge in [0.1, 0.15) is 18.2 Å². The van der Waals surface area contributed by atoms with Crippen LogP contribution in [0.1, 0.15) is 80.0 Å². The van der Waals surface area contributed by atoms with Crippen molar-refractivity contribution in [2.75, 3.05) is 0 Å². The van der Waals surface area contributed by atoms with Gasteiger partial charge in [-0.1, -0.05) is 81.6 Å². The molecular weight excluding hydrogens is 512 g/mol. The Bertz CT molecular complexity index is 2020. The number of hydrogen-bond acceptors (Lipinski definition) is 2. The number of nitriles is 1. The molecular formula is C39H37N2O+. The number of benzene rings is 4. The minimum atomic E-state index is 0.469. The fourth-order valence-electron chi connectivity index (χ4n) is 7.10. The predicted octanol–water partition coefficient (Wildman–Crippen LogP) is 10.2. The van der Waals surface area contributed by atoms with E-state index in [0.29, 0.717) is 17.4 Å². The minimum absolute atomic E-state index is 0.469. The molecule has 1 aliphatic rings. The molecule has 0 atom stereocenters. The molecule has 42 heavy (non-hydrogen) atoms. The second kappa shape index (κ2) is 10.4. The van der Waals surface area contributed by atoms with Crippen LogP contribution in [0, 0.1) is 18.3 Å². The highest BCUT2D eigenvalue weighted by Gasteiger charge is 2.25. The zero-order chi connectivity index (χ0) is 29.0. The number of aromatic nitrogens is 1. The van der Waals surface area contributed by atoms with Gasteiger partial charge in [-0.25, -0.2) is 4.57 Å². The molecule has 0 bridgehead atoms. The lowest BCUT2D eigenvalue weighted by atomic mass is 9.83. The number of rotatable bonds is 4. The van der Waals surface area contributed by atoms with E-state index in [9.17, 15) is 5.26 Å². The van der Waals surface area contributed by atoms with Crippen molar-refractivity contribution in [2.24, 2.45) is 7.05 Å². The number of aryl methyl sites for hydroxylation is 2. The van der Waals surface area contributed by atoms with Crippen molar-refractivity contribution in [1.82, 2.24) is 0 Å². The van der Waals surface area contributed by atoms with E-state index in [4.69, 9.17) is 4.42 Å². The summed E-state index contributed by atoms with van der Waals surface area (Å²) in [6, 6.07) is 28.8. The van der Waals surface area contributed by atoms with Crippen LogP contribution in [0.15, 0.2) is 83.4 Å². The predicted molar refractivity (Wildman–Crippen MR) is 173 cm³/mol. The molecule has 0 N–H and O–H groups in total. The minimum Gasteiger partial charge on any atom is -0.454 e. The number of furan rings is 1. The molecule has 0 saturated heterocycles. The van der Waals surface area contributed by atoms with E-state index >= 15 is 0 Å². The second-order valence-electron chi connectivity index (χ2n) is 12.4. The monoisotopic (exact) mass is 549 g/mol. The Morgan fingerprint density at radius 3 is 2.21 bits per heavy atom. The number of fused-ring (bicyclic) bond motifs is 4. The standard InChI is InChI=1S/C39H37N2O/c1-24(2)29-15-18-32-30(22-29)20-21-41(4)37(32)35-25(3)10-17-33-34-19-16-31(23-40)36(39(34)42-38(33)35)28-13-11-27(12-14-28)26-8-6-5-7-9-26/h10-22,24,26H,5-9H2,1-4H3/q+1. The molecule has 2 heterocycles. The summed E-state index contributed by atoms with van der Waals surface area (Å²) in [6.45, 7) is 6.64. The van der Waals surface area contributed by atoms with Crippen LogP contribution in [0.2, 0.25) is 0 Å². The Kier molecular flexibility index (Phi) is 6.59. The lowest BCUT2D eigenvalue weighted by Crippen LogP contribution is -2.30. The third-order valence-electron chi connectivity index (χ3n) is 9.48. The summed E-state index contributed by atoms with van der Waals surface area (Å²) in [5.41, 5.74) is 10.4. The Morgan fingerprint density at radius 1 is 0.810 bits per heavy atom. The van der Waals surface area contributed by atoms with Crippen molar-refractivity contribution in [3.8, 4) is 28.5 Å². The van der Waals surface area contributed by atoms with Crippen LogP contribution < -0.4 is 4.57 Å². The Hall–Kier alpha value is -4.42. The maximum Gasteiger partial charge on any atom is 0.224 e. The van der Waals surface area contributed by atoms with Crippen LogP contribution in [-0.2, 0) is 7.05 Å². The van der Waals surface area contributed by atoms with E-state index in [2.05, 4.69) is 111 Å². The number of hydrogen-bond donors (Lipinski definition) is 0. The normalized spacial score (nSPS) is 14.3. The second-order valence-corrected chi connectivity index (χ2v) is 12.4. The molecule has 6 aromatic rings. The van der Waals surface area contributed by atoms with Gasteiger partial charge in [-0.2, -0.15) is 5.26 Å². The van der Waals surface area contributed by atoms with Crippen molar-refractivity contribution in [3.05, 3.63) is 101 Å². The molecule has 2 aromatic heterocycles. The van der Waals surface area contributed by atoms with Crippen molar-refractivity contribution in [3.63, 3.8) is 0 Å². The van der Waals surface area contributed by atoms with E-state index in [-0.39, 0.29) is 0 Å². The summed E-state index contributed by atoms with van der Waals surface area (Å²) in [6.07, 6.45) is 8.68. The zero-order valence-corrected chi connectivity index (χ0v) is 25.0. The first-order chi connectivity index (χ1) is 20.4. The molecule has 4 aromatic carbocycles. The molecule has 3 heteroatoms. The van der Waals surface area contributed by atoms with Gasteiger partial charge in [0.2, 0.25) is 5.69 Å². The van der Waals surface area contributed by atoms with Gasteiger partial charge in [-0.15, -0.1) is 0 Å². The molecule has 3 nitrogen and oxygen atoms in total. The highest BCUT2D eigenvalue weighted by Crippen LogP contribution is 2.43. The smallest absolute Gasteiger partial charge is 0.224 e. The summed E-state index contributed by atoms with van der Waals surface area (Å²) in [4.78, 5) is 0. The van der Waals surface area contributed by atoms with Crippen LogP contribution in [0.4, 0.5) is 0 Å². The van der Waals surface area contributed by atoms with E-state index < -0.39 is 0 Å². The van der Waals surface area contributed by atoms with Gasteiger partial charge in [0.25, 0.3) is 0 Å². The molecule has 0 amide bonds. The van der Waals surface area contributed by atoms with Crippen LogP contribution in [0.25, 0.3) is 55.1 Å². The average molecular weight is 550 g/mol. The van der Waals surface area contributed by atoms with Gasteiger partial charge in [0.05, 0.1) is 22.6 Å². The fraction of sp³-hybridized carbons (Fsp3) is 0.282. The fourth-order valence-corrected chi connectivity index (χ4v) is 7.10. The summed E-state index contributed by atoms with van der Waals surface area (Å²) in [5.74, 6) is 1.12. The maximum atomic E-state index is 10.2. The first-order valence-corrected chi connectivity index (χ1v) is 15.4. The third kappa shape index (κ3) is 4.29. The van der Waals surface area contributed by atoms with Crippen LogP contribution in [0.3, 0.4) is 0 Å². The molecule has 208 valence electrons. The van der Waals surface area contributed by atoms with Crippen molar-refractivity contribution in [2.45, 2.75) is 64.7 Å². The molecule has 1 aliphatic carbocycles. The van der Waals surface area contributed by atoms with E-state index in [0.717, 1.165) is 49.9 Å². The lowest BCUT2D eigenvalue weighted by molar-refractivity contribution is -0.659. The van der Waals surface area contributed by atoms with E-state index in [1.165, 1.54) is 54.0 Å². The largest absolute Gasteiger partial charge is 0.454 e. The van der Waals surface area contributed by atoms with Gasteiger partial charge in [0.15, 0.2) is 6.20 Å². The van der Waals surface area contributed by atoms with Crippen molar-refractivity contribution < 1.29 is 8.98 Å². The quantitative estimate of drug-likeness (QED) is 0.205. The van der Waals surface area contributed by atoms with E-state index in [1.54, 1.807) is 0 Å². The zero-order valence-electron chi connectivity index (χ0n) is 25.0. The molecule has 7 rings (SSSR count). The van der Waals surface area contributed by atoms with Crippen LogP contribution >= 0.6 is 0 Å². The van der Waals surface area contributed by atoms with Gasteiger partial charge >= 0.3 is 0 Å². The Labute approximate surface area is 248 Å². The average Bonchev–Trinajstić information content (AvgIpc) is 3.40. The van der Waals surface area contributed by atoms with Gasteiger partial charge in [-0.05, 0) is 77.4 Å². The maximum absolute atomic E-state index is 10.2. The third-order valence-corrected chi connectivity index (χ3v) is 9.48. The van der Waals surface area contributed by atoms with Gasteiger partial charge < -0.3 is 4.42 Å². The Balaban J connectivity index is 1.46. The first-order valence-electron chi connectivity index (χ1n) is 15.4. The summed E-state index contributed by atoms with van der Waals surface area (Å²) < 4.78 is 9.10. The molecule has 1 fully saturated rings. The topological polar surface area (TPSA) is 40.8 Å². The Morgan fingerprint density at radius 2 is 1.50 bits per heavy atom. The van der Waals surface area contributed by atoms with Crippen LogP contribution in [0.5, 0.6) is 0 Å². The van der Waals surface area contributed by atoms with Gasteiger partial charge in [0, 0.05) is 22.4 Å². The highest BCUT2D eigenvalue weighted by molar-refractivity contribution is 6.15. The molecule has 1 saturated carbocycles. The SMILES string of the molecule is Cc1ccc2c(oc3c(-c4ccc(C5CCCCC5)cc4)c(C#N)ccc32)c1-c1c2ccc(C(C)C)cc2cc[n+]1C. The first kappa shape index (κ1) is 26.5. The number of pyridine rings is 1. The molecule has 0 spiro atoms. The summed E-state index contributed by atoms with van der Waals surface area (Å²) >= 11 is 0. The lowest BCUT2D eigenvalue weighted by Gasteiger charge is -2.22. The summed E-state index contributed by atoms with van der Waals surface area (Å²) in [5, 5.41) is 14.7. The highest BCUT2D eigenvalue weighted by atomic mass is 16.3.